The van der Waals surface area contributed by atoms with Gasteiger partial charge in [0, 0.05) is 24.2 Å². The molecule has 1 aliphatic carbocycles. The monoisotopic (exact) mass is 379 g/mol. The van der Waals surface area contributed by atoms with Crippen molar-refractivity contribution < 1.29 is 28.6 Å². The Hall–Kier alpha value is -2.81. The second-order valence-electron chi connectivity index (χ2n) is 6.51. The van der Waals surface area contributed by atoms with Crippen molar-refractivity contribution in [2.45, 2.75) is 37.8 Å². The zero-order valence-corrected chi connectivity index (χ0v) is 14.7. The molecule has 0 bridgehead atoms. The number of hydrogen-bond donors (Lipinski definition) is 4. The summed E-state index contributed by atoms with van der Waals surface area (Å²) < 4.78 is 24.0. The Bertz CT molecular complexity index is 814. The third-order valence-electron chi connectivity index (χ3n) is 4.43. The molecule has 8 nitrogen and oxygen atoms in total. The molecule has 1 amide bonds. The number of benzene rings is 1. The van der Waals surface area contributed by atoms with Gasteiger partial charge in [-0.05, 0) is 37.8 Å². The third kappa shape index (κ3) is 5.33. The van der Waals surface area contributed by atoms with Gasteiger partial charge in [0.05, 0.1) is 12.4 Å². The van der Waals surface area contributed by atoms with Crippen molar-refractivity contribution in [1.82, 2.24) is 10.3 Å². The molecule has 1 aromatic carbocycles. The molecule has 0 spiro atoms. The van der Waals surface area contributed by atoms with E-state index in [1.54, 1.807) is 18.2 Å². The minimum absolute atomic E-state index is 0.0913. The first-order chi connectivity index (χ1) is 13.0. The predicted molar refractivity (Wildman–Crippen MR) is 96.6 cm³/mol. The lowest BCUT2D eigenvalue weighted by atomic mass is 9.93. The summed E-state index contributed by atoms with van der Waals surface area (Å²) in [7, 11) is 0. The van der Waals surface area contributed by atoms with Crippen LogP contribution < -0.4 is 15.4 Å². The second kappa shape index (κ2) is 8.72. The van der Waals surface area contributed by atoms with Crippen molar-refractivity contribution in [3.63, 3.8) is 0 Å². The van der Waals surface area contributed by atoms with E-state index in [1.165, 1.54) is 0 Å². The number of fused-ring (bicyclic) bond motifs is 1. The number of anilines is 1. The highest BCUT2D eigenvalue weighted by Gasteiger charge is 2.20. The number of hydrogen-bond acceptors (Lipinski definition) is 6. The van der Waals surface area contributed by atoms with Crippen LogP contribution in [-0.4, -0.2) is 46.6 Å². The third-order valence-corrected chi connectivity index (χ3v) is 4.43. The number of amides is 1. The smallest absolute Gasteiger partial charge is 0.404 e. The molecular formula is C18H22FN3O5. The molecule has 0 aliphatic heterocycles. The van der Waals surface area contributed by atoms with Crippen LogP contribution in [0.25, 0.3) is 11.1 Å². The minimum Gasteiger partial charge on any atom is -0.489 e. The van der Waals surface area contributed by atoms with Gasteiger partial charge < -0.3 is 30.0 Å². The van der Waals surface area contributed by atoms with E-state index in [4.69, 9.17) is 14.3 Å². The molecule has 2 aromatic rings. The molecular weight excluding hydrogens is 357 g/mol. The zero-order chi connectivity index (χ0) is 19.2. The number of rotatable bonds is 7. The number of carbonyl (C=O) groups is 1. The maximum absolute atomic E-state index is 12.8. The second-order valence-corrected chi connectivity index (χ2v) is 6.51. The summed E-state index contributed by atoms with van der Waals surface area (Å²) >= 11 is 0. The Labute approximate surface area is 155 Å². The molecule has 0 atom stereocenters. The van der Waals surface area contributed by atoms with Gasteiger partial charge in [-0.1, -0.05) is 0 Å². The van der Waals surface area contributed by atoms with E-state index in [0.29, 0.717) is 29.2 Å². The van der Waals surface area contributed by atoms with E-state index in [-0.39, 0.29) is 30.9 Å². The Morgan fingerprint density at radius 3 is 2.85 bits per heavy atom. The van der Waals surface area contributed by atoms with Gasteiger partial charge in [0.25, 0.3) is 6.01 Å². The van der Waals surface area contributed by atoms with E-state index in [1.807, 2.05) is 0 Å². The average Bonchev–Trinajstić information content (AvgIpc) is 3.05. The Morgan fingerprint density at radius 2 is 2.15 bits per heavy atom. The standard InChI is InChI=1S/C18H22FN3O5/c19-8-11(9-20-18(24)25)10-26-14-5-6-15-16(7-14)27-17(22-15)21-12-1-3-13(23)4-2-12/h5-8,12-13,20,23H,1-4,9-10H2,(H,21,22)(H,24,25). The summed E-state index contributed by atoms with van der Waals surface area (Å²) in [4.78, 5) is 14.8. The fourth-order valence-corrected chi connectivity index (χ4v) is 2.94. The number of oxazole rings is 1. The molecule has 9 heteroatoms. The molecule has 146 valence electrons. The van der Waals surface area contributed by atoms with Crippen LogP contribution in [0.3, 0.4) is 0 Å². The van der Waals surface area contributed by atoms with Crippen LogP contribution in [0.5, 0.6) is 5.75 Å². The first kappa shape index (κ1) is 19.0. The van der Waals surface area contributed by atoms with Crippen LogP contribution in [0.4, 0.5) is 15.2 Å². The highest BCUT2D eigenvalue weighted by molar-refractivity contribution is 5.76. The number of aliphatic hydroxyl groups is 1. The molecule has 0 unspecified atom stereocenters. The summed E-state index contributed by atoms with van der Waals surface area (Å²) in [6.07, 6.45) is 2.11. The van der Waals surface area contributed by atoms with Crippen molar-refractivity contribution >= 4 is 23.2 Å². The van der Waals surface area contributed by atoms with Gasteiger partial charge in [0.1, 0.15) is 17.9 Å². The number of ether oxygens (including phenoxy) is 1. The summed E-state index contributed by atoms with van der Waals surface area (Å²) in [6.45, 7) is -0.244. The minimum atomic E-state index is -1.23. The number of nitrogens with zero attached hydrogens (tertiary/aromatic N) is 1. The van der Waals surface area contributed by atoms with Gasteiger partial charge in [0.2, 0.25) is 0 Å². The molecule has 1 aromatic heterocycles. The number of aliphatic hydroxyl groups excluding tert-OH is 1. The number of nitrogens with one attached hydrogen (secondary N) is 2. The van der Waals surface area contributed by atoms with Crippen LogP contribution in [0.2, 0.25) is 0 Å². The molecule has 0 saturated heterocycles. The quantitative estimate of drug-likeness (QED) is 0.584. The first-order valence-corrected chi connectivity index (χ1v) is 8.76. The summed E-state index contributed by atoms with van der Waals surface area (Å²) in [5.74, 6) is 0.459. The van der Waals surface area contributed by atoms with Gasteiger partial charge in [-0.25, -0.2) is 9.18 Å². The van der Waals surface area contributed by atoms with E-state index in [0.717, 1.165) is 25.7 Å². The van der Waals surface area contributed by atoms with Gasteiger partial charge in [-0.2, -0.15) is 4.98 Å². The molecule has 1 aliphatic rings. The summed E-state index contributed by atoms with van der Waals surface area (Å²) in [5, 5.41) is 23.4. The van der Waals surface area contributed by atoms with Crippen molar-refractivity contribution in [3.05, 3.63) is 30.1 Å². The topological polar surface area (TPSA) is 117 Å². The van der Waals surface area contributed by atoms with Gasteiger partial charge >= 0.3 is 6.09 Å². The van der Waals surface area contributed by atoms with E-state index < -0.39 is 6.09 Å². The van der Waals surface area contributed by atoms with E-state index in [9.17, 15) is 14.3 Å². The predicted octanol–water partition coefficient (Wildman–Crippen LogP) is 3.04. The van der Waals surface area contributed by atoms with Crippen LogP contribution in [-0.2, 0) is 0 Å². The van der Waals surface area contributed by atoms with Crippen LogP contribution in [0, 0.1) is 0 Å². The highest BCUT2D eigenvalue weighted by atomic mass is 19.1. The highest BCUT2D eigenvalue weighted by Crippen LogP contribution is 2.27. The molecule has 27 heavy (non-hydrogen) atoms. The van der Waals surface area contributed by atoms with Crippen LogP contribution in [0.1, 0.15) is 25.7 Å². The maximum atomic E-state index is 12.8. The first-order valence-electron chi connectivity index (χ1n) is 8.76. The van der Waals surface area contributed by atoms with E-state index >= 15 is 0 Å². The Morgan fingerprint density at radius 1 is 1.37 bits per heavy atom. The number of aromatic nitrogens is 1. The molecule has 4 N–H and O–H groups in total. The fourth-order valence-electron chi connectivity index (χ4n) is 2.94. The lowest BCUT2D eigenvalue weighted by Crippen LogP contribution is -2.28. The largest absolute Gasteiger partial charge is 0.489 e. The van der Waals surface area contributed by atoms with Gasteiger partial charge in [0.15, 0.2) is 5.58 Å². The molecule has 3 rings (SSSR count). The number of carboxylic acid groups (broad SMARTS) is 1. The van der Waals surface area contributed by atoms with Gasteiger partial charge in [-0.3, -0.25) is 0 Å². The van der Waals surface area contributed by atoms with Crippen molar-refractivity contribution in [3.8, 4) is 5.75 Å². The molecule has 0 radical (unpaired) electrons. The SMILES string of the molecule is O=C(O)NCC(=CF)COc1ccc2nc(NC3CCC(O)CC3)oc2c1. The van der Waals surface area contributed by atoms with Crippen LogP contribution >= 0.6 is 0 Å². The number of halogens is 1. The summed E-state index contributed by atoms with van der Waals surface area (Å²) in [6, 6.07) is 5.71. The van der Waals surface area contributed by atoms with Crippen LogP contribution in [0.15, 0.2) is 34.5 Å². The van der Waals surface area contributed by atoms with Gasteiger partial charge in [-0.15, -0.1) is 0 Å². The lowest BCUT2D eigenvalue weighted by Gasteiger charge is -2.25. The molecule has 1 saturated carbocycles. The summed E-state index contributed by atoms with van der Waals surface area (Å²) in [5.41, 5.74) is 1.35. The molecule has 1 heterocycles. The van der Waals surface area contributed by atoms with E-state index in [2.05, 4.69) is 15.6 Å². The van der Waals surface area contributed by atoms with Crippen molar-refractivity contribution in [1.29, 1.82) is 0 Å². The fraction of sp³-hybridized carbons (Fsp3) is 0.444. The normalized spacial score (nSPS) is 20.4. The van der Waals surface area contributed by atoms with Crippen molar-refractivity contribution in [2.24, 2.45) is 0 Å². The zero-order valence-electron chi connectivity index (χ0n) is 14.7. The average molecular weight is 379 g/mol. The van der Waals surface area contributed by atoms with Crippen molar-refractivity contribution in [2.75, 3.05) is 18.5 Å². The lowest BCUT2D eigenvalue weighted by molar-refractivity contribution is 0.125. The Balaban J connectivity index is 1.59. The molecule has 1 fully saturated rings. The Kier molecular flexibility index (Phi) is 6.12. The maximum Gasteiger partial charge on any atom is 0.404 e.